The zero-order valence-electron chi connectivity index (χ0n) is 34.7. The molecule has 2 unspecified atom stereocenters. The molecule has 2 atom stereocenters. The van der Waals surface area contributed by atoms with Crippen LogP contribution in [0.4, 0.5) is 6.01 Å². The maximum atomic E-state index is 12.2. The van der Waals surface area contributed by atoms with Crippen molar-refractivity contribution in [2.24, 2.45) is 0 Å². The molecule has 0 aliphatic rings. The van der Waals surface area contributed by atoms with E-state index in [1.165, 1.54) is 6.26 Å². The number of halogens is 3. The predicted molar refractivity (Wildman–Crippen MR) is 239 cm³/mol. The first-order valence-corrected chi connectivity index (χ1v) is 24.4. The Morgan fingerprint density at radius 2 is 1.28 bits per heavy atom. The summed E-state index contributed by atoms with van der Waals surface area (Å²) in [7, 11) is -7.31. The van der Waals surface area contributed by atoms with Gasteiger partial charge in [-0.05, 0) is 70.8 Å². The average molecular weight is 969 g/mol. The van der Waals surface area contributed by atoms with Gasteiger partial charge in [0.2, 0.25) is 25.0 Å². The Hall–Kier alpha value is -5.95. The summed E-state index contributed by atoms with van der Waals surface area (Å²) in [4.78, 5) is 8.14. The summed E-state index contributed by atoms with van der Waals surface area (Å²) >= 11 is 18.9. The van der Waals surface area contributed by atoms with Crippen LogP contribution in [-0.2, 0) is 43.9 Å². The Kier molecular flexibility index (Phi) is 14.7. The fourth-order valence-corrected chi connectivity index (χ4v) is 8.85. The van der Waals surface area contributed by atoms with Crippen LogP contribution in [0.5, 0.6) is 23.0 Å². The highest BCUT2D eigenvalue weighted by Gasteiger charge is 2.50. The number of nitrogens with zero attached hydrogens (tertiary/aromatic N) is 4. The van der Waals surface area contributed by atoms with Crippen molar-refractivity contribution < 1.29 is 44.6 Å². The van der Waals surface area contributed by atoms with Crippen molar-refractivity contribution in [3.8, 4) is 35.1 Å². The number of nitriles is 2. The second-order valence-electron chi connectivity index (χ2n) is 14.6. The topological polar surface area (TPSA) is 217 Å². The lowest BCUT2D eigenvalue weighted by Gasteiger charge is -2.49. The standard InChI is InChI=1S/C44H40Cl3N5O10S2/c1-43(32-9-14-39(57-17-15-45)28(19-32)22-48,30-5-10-35(11-6-30)59-24-34-25-61-42(51-34)52-64(4,55)56)44(2,33-20-29(23-49)40(37(47)21-33)58-18-16-46)31-7-12-36(13-8-31)60-26-38-41(62-27-50-38)63(3,53)54/h5-14,19-21,25,27H,15-18,24,26H2,1-4H3,(H,51,52). The van der Waals surface area contributed by atoms with Gasteiger partial charge in [0.1, 0.15) is 73.5 Å². The molecule has 0 aliphatic carbocycles. The van der Waals surface area contributed by atoms with Crippen LogP contribution in [-0.4, -0.2) is 64.3 Å². The average Bonchev–Trinajstić information content (AvgIpc) is 3.95. The SMILES string of the molecule is CC(c1ccc(OCc2coc(NS(C)(=O)=O)n2)cc1)(c1ccc(OCCCl)c(C#N)c1)C(C)(c1ccc(OCc2ncoc2S(C)(=O)=O)cc1)c1cc(Cl)c(OCCCl)c(C#N)c1. The summed E-state index contributed by atoms with van der Waals surface area (Å²) in [5.74, 6) is 1.70. The highest BCUT2D eigenvalue weighted by molar-refractivity contribution is 7.92. The van der Waals surface area contributed by atoms with Crippen LogP contribution in [0, 0.1) is 22.7 Å². The quantitative estimate of drug-likeness (QED) is 0.0710. The third kappa shape index (κ3) is 10.4. The van der Waals surface area contributed by atoms with E-state index in [0.29, 0.717) is 39.6 Å². The van der Waals surface area contributed by atoms with Crippen molar-refractivity contribution in [1.82, 2.24) is 9.97 Å². The third-order valence-electron chi connectivity index (χ3n) is 10.5. The number of nitrogens with one attached hydrogen (secondary N) is 1. The number of sulfone groups is 1. The molecular formula is C44H40Cl3N5O10S2. The number of ether oxygens (including phenoxy) is 4. The number of alkyl halides is 2. The highest BCUT2D eigenvalue weighted by Crippen LogP contribution is 2.54. The Bertz CT molecular complexity index is 2930. The van der Waals surface area contributed by atoms with Gasteiger partial charge in [0, 0.05) is 17.1 Å². The van der Waals surface area contributed by atoms with Gasteiger partial charge in [0.15, 0.2) is 12.1 Å². The van der Waals surface area contributed by atoms with E-state index in [2.05, 4.69) is 26.8 Å². The van der Waals surface area contributed by atoms with Crippen molar-refractivity contribution in [3.63, 3.8) is 0 Å². The molecule has 0 spiro atoms. The maximum Gasteiger partial charge on any atom is 0.308 e. The Morgan fingerprint density at radius 3 is 1.86 bits per heavy atom. The van der Waals surface area contributed by atoms with Gasteiger partial charge in [0.25, 0.3) is 0 Å². The molecule has 0 fully saturated rings. The summed E-state index contributed by atoms with van der Waals surface area (Å²) in [5, 5.41) is 20.8. The first kappa shape index (κ1) is 47.5. The molecule has 0 radical (unpaired) electrons. The van der Waals surface area contributed by atoms with E-state index in [4.69, 9.17) is 62.6 Å². The molecule has 0 amide bonds. The van der Waals surface area contributed by atoms with Gasteiger partial charge in [-0.2, -0.15) is 15.5 Å². The van der Waals surface area contributed by atoms with Gasteiger partial charge in [-0.1, -0.05) is 55.8 Å². The first-order chi connectivity index (χ1) is 30.4. The highest BCUT2D eigenvalue weighted by atomic mass is 35.5. The maximum absolute atomic E-state index is 12.2. The summed E-state index contributed by atoms with van der Waals surface area (Å²) < 4.78 is 84.0. The van der Waals surface area contributed by atoms with Crippen LogP contribution in [0.1, 0.15) is 58.6 Å². The van der Waals surface area contributed by atoms with Crippen LogP contribution >= 0.6 is 34.8 Å². The molecule has 0 saturated carbocycles. The van der Waals surface area contributed by atoms with E-state index in [-0.39, 0.29) is 76.9 Å². The number of benzene rings is 4. The summed E-state index contributed by atoms with van der Waals surface area (Å²) in [6.45, 7) is 4.02. The van der Waals surface area contributed by atoms with Crippen molar-refractivity contribution in [1.29, 1.82) is 10.5 Å². The van der Waals surface area contributed by atoms with E-state index in [1.54, 1.807) is 48.5 Å². The van der Waals surface area contributed by atoms with Crippen molar-refractivity contribution in [2.45, 2.75) is 43.0 Å². The lowest BCUT2D eigenvalue weighted by atomic mass is 9.53. The van der Waals surface area contributed by atoms with Crippen molar-refractivity contribution in [2.75, 3.05) is 42.2 Å². The van der Waals surface area contributed by atoms with Crippen molar-refractivity contribution in [3.05, 3.63) is 141 Å². The minimum absolute atomic E-state index is 0.0488. The van der Waals surface area contributed by atoms with E-state index in [1.807, 2.05) is 44.2 Å². The van der Waals surface area contributed by atoms with E-state index < -0.39 is 30.7 Å². The molecule has 334 valence electrons. The molecule has 1 N–H and O–H groups in total. The Morgan fingerprint density at radius 1 is 0.719 bits per heavy atom. The second kappa shape index (κ2) is 19.8. The fraction of sp³-hybridized carbons (Fsp3) is 0.273. The molecule has 0 aliphatic heterocycles. The van der Waals surface area contributed by atoms with Crippen LogP contribution in [0.3, 0.4) is 0 Å². The molecule has 6 aromatic rings. The van der Waals surface area contributed by atoms with Gasteiger partial charge in [-0.15, -0.1) is 23.2 Å². The predicted octanol–water partition coefficient (Wildman–Crippen LogP) is 8.54. The molecule has 2 aromatic heterocycles. The van der Waals surface area contributed by atoms with Crippen LogP contribution < -0.4 is 23.7 Å². The third-order valence-corrected chi connectivity index (χ3v) is 12.6. The minimum atomic E-state index is -3.70. The van der Waals surface area contributed by atoms with Crippen molar-refractivity contribution >= 4 is 60.7 Å². The second-order valence-corrected chi connectivity index (χ2v) is 19.4. The summed E-state index contributed by atoms with van der Waals surface area (Å²) in [6.07, 6.45) is 4.31. The Labute approximate surface area is 385 Å². The molecule has 2 heterocycles. The summed E-state index contributed by atoms with van der Waals surface area (Å²) in [5.41, 5.74) is 1.25. The smallest absolute Gasteiger partial charge is 0.308 e. The van der Waals surface area contributed by atoms with E-state index in [9.17, 15) is 27.4 Å². The molecule has 4 aromatic carbocycles. The van der Waals surface area contributed by atoms with E-state index in [0.717, 1.165) is 24.5 Å². The number of anilines is 1. The molecule has 6 rings (SSSR count). The number of hydrogen-bond acceptors (Lipinski definition) is 14. The largest absolute Gasteiger partial charge is 0.491 e. The molecule has 0 bridgehead atoms. The van der Waals surface area contributed by atoms with Gasteiger partial charge < -0.3 is 27.8 Å². The number of hydrogen-bond donors (Lipinski definition) is 1. The van der Waals surface area contributed by atoms with E-state index >= 15 is 0 Å². The number of oxazole rings is 2. The number of sulfonamides is 1. The lowest BCUT2D eigenvalue weighted by Crippen LogP contribution is -2.47. The monoisotopic (exact) mass is 967 g/mol. The molecular weight excluding hydrogens is 929 g/mol. The summed E-state index contributed by atoms with van der Waals surface area (Å²) in [6, 6.07) is 27.4. The fourth-order valence-electron chi connectivity index (χ4n) is 7.26. The minimum Gasteiger partial charge on any atom is -0.491 e. The van der Waals surface area contributed by atoms with Gasteiger partial charge in [-0.3, -0.25) is 0 Å². The van der Waals surface area contributed by atoms with Crippen LogP contribution in [0.25, 0.3) is 0 Å². The zero-order valence-corrected chi connectivity index (χ0v) is 38.6. The Balaban J connectivity index is 1.51. The first-order valence-electron chi connectivity index (χ1n) is 19.1. The normalized spacial score (nSPS) is 13.5. The zero-order chi connectivity index (χ0) is 46.3. The number of aromatic nitrogens is 2. The molecule has 64 heavy (non-hydrogen) atoms. The molecule has 0 saturated heterocycles. The van der Waals surface area contributed by atoms with Gasteiger partial charge >= 0.3 is 6.01 Å². The lowest BCUT2D eigenvalue weighted by molar-refractivity contribution is 0.292. The van der Waals surface area contributed by atoms with Crippen LogP contribution in [0.2, 0.25) is 5.02 Å². The molecule has 15 nitrogen and oxygen atoms in total. The molecule has 20 heteroatoms. The van der Waals surface area contributed by atoms with Crippen LogP contribution in [0.15, 0.2) is 105 Å². The van der Waals surface area contributed by atoms with Gasteiger partial charge in [0.05, 0.1) is 34.2 Å². The number of rotatable bonds is 20. The van der Waals surface area contributed by atoms with Gasteiger partial charge in [-0.25, -0.2) is 26.5 Å².